The van der Waals surface area contributed by atoms with E-state index in [9.17, 15) is 9.18 Å². The van der Waals surface area contributed by atoms with Gasteiger partial charge < -0.3 is 10.1 Å². The number of amides is 1. The number of ether oxygens (including phenoxy) is 1. The maximum atomic E-state index is 13.6. The third kappa shape index (κ3) is 2.97. The smallest absolute Gasteiger partial charge is 0.254 e. The van der Waals surface area contributed by atoms with Gasteiger partial charge in [-0.2, -0.15) is 0 Å². The van der Waals surface area contributed by atoms with Gasteiger partial charge in [0.05, 0.1) is 23.2 Å². The third-order valence-corrected chi connectivity index (χ3v) is 3.72. The molecule has 0 saturated carbocycles. The molecule has 17 heavy (non-hydrogen) atoms. The molecule has 1 aliphatic rings. The van der Waals surface area contributed by atoms with Crippen molar-refractivity contribution >= 4 is 33.4 Å². The molecule has 1 aromatic rings. The molecule has 0 bridgehead atoms. The van der Waals surface area contributed by atoms with Gasteiger partial charge in [-0.1, -0.05) is 11.6 Å². The SMILES string of the molecule is O=C(NC1CCOC1)c1cc(Cl)c(Br)cc1F. The van der Waals surface area contributed by atoms with E-state index < -0.39 is 11.7 Å². The van der Waals surface area contributed by atoms with Crippen molar-refractivity contribution in [1.82, 2.24) is 5.32 Å². The van der Waals surface area contributed by atoms with Crippen LogP contribution in [-0.2, 0) is 4.74 Å². The van der Waals surface area contributed by atoms with Crippen LogP contribution in [0.1, 0.15) is 16.8 Å². The predicted octanol–water partition coefficient (Wildman–Crippen LogP) is 2.76. The molecule has 1 fully saturated rings. The summed E-state index contributed by atoms with van der Waals surface area (Å²) in [5.41, 5.74) is -0.0508. The summed E-state index contributed by atoms with van der Waals surface area (Å²) in [6.07, 6.45) is 0.748. The van der Waals surface area contributed by atoms with E-state index in [1.807, 2.05) is 0 Å². The molecule has 1 aromatic carbocycles. The van der Waals surface area contributed by atoms with Gasteiger partial charge in [-0.3, -0.25) is 4.79 Å². The van der Waals surface area contributed by atoms with Gasteiger partial charge in [-0.05, 0) is 34.5 Å². The van der Waals surface area contributed by atoms with Gasteiger partial charge in [0.1, 0.15) is 5.82 Å². The lowest BCUT2D eigenvalue weighted by atomic mass is 10.1. The normalized spacial score (nSPS) is 19.4. The minimum Gasteiger partial charge on any atom is -0.379 e. The molecule has 0 spiro atoms. The number of rotatable bonds is 2. The lowest BCUT2D eigenvalue weighted by Crippen LogP contribution is -2.35. The molecule has 92 valence electrons. The Balaban J connectivity index is 2.15. The molecular weight excluding hydrogens is 312 g/mol. The van der Waals surface area contributed by atoms with Crippen LogP contribution >= 0.6 is 27.5 Å². The van der Waals surface area contributed by atoms with Crippen LogP contribution in [0.25, 0.3) is 0 Å². The molecule has 3 nitrogen and oxygen atoms in total. The molecule has 1 saturated heterocycles. The Hall–Kier alpha value is -0.650. The highest BCUT2D eigenvalue weighted by Crippen LogP contribution is 2.25. The Bertz CT molecular complexity index is 449. The second-order valence-corrected chi connectivity index (χ2v) is 5.04. The van der Waals surface area contributed by atoms with Crippen molar-refractivity contribution in [2.24, 2.45) is 0 Å². The van der Waals surface area contributed by atoms with Crippen LogP contribution in [0.5, 0.6) is 0 Å². The van der Waals surface area contributed by atoms with Crippen molar-refractivity contribution in [3.8, 4) is 0 Å². The topological polar surface area (TPSA) is 38.3 Å². The Labute approximate surface area is 111 Å². The Morgan fingerprint density at radius 1 is 1.59 bits per heavy atom. The Morgan fingerprint density at radius 3 is 3.00 bits per heavy atom. The maximum absolute atomic E-state index is 13.6. The zero-order valence-electron chi connectivity index (χ0n) is 8.80. The molecule has 1 unspecified atom stereocenters. The van der Waals surface area contributed by atoms with E-state index in [1.165, 1.54) is 12.1 Å². The van der Waals surface area contributed by atoms with Crippen molar-refractivity contribution in [2.45, 2.75) is 12.5 Å². The van der Waals surface area contributed by atoms with Crippen molar-refractivity contribution in [2.75, 3.05) is 13.2 Å². The second kappa shape index (κ2) is 5.33. The molecule has 0 aliphatic carbocycles. The summed E-state index contributed by atoms with van der Waals surface area (Å²) in [7, 11) is 0. The van der Waals surface area contributed by atoms with E-state index in [1.54, 1.807) is 0 Å². The van der Waals surface area contributed by atoms with E-state index in [-0.39, 0.29) is 11.6 Å². The average molecular weight is 323 g/mol. The van der Waals surface area contributed by atoms with Gasteiger partial charge >= 0.3 is 0 Å². The van der Waals surface area contributed by atoms with E-state index >= 15 is 0 Å². The first-order valence-corrected chi connectivity index (χ1v) is 6.28. The van der Waals surface area contributed by atoms with Crippen molar-refractivity contribution in [1.29, 1.82) is 0 Å². The number of carbonyl (C=O) groups is 1. The van der Waals surface area contributed by atoms with E-state index in [4.69, 9.17) is 16.3 Å². The summed E-state index contributed by atoms with van der Waals surface area (Å²) >= 11 is 8.92. The van der Waals surface area contributed by atoms with Crippen LogP contribution < -0.4 is 5.32 Å². The van der Waals surface area contributed by atoms with Gasteiger partial charge in [0.15, 0.2) is 0 Å². The van der Waals surface area contributed by atoms with Crippen molar-refractivity contribution < 1.29 is 13.9 Å². The minimum absolute atomic E-state index is 0.0508. The molecule has 6 heteroatoms. The molecule has 2 rings (SSSR count). The largest absolute Gasteiger partial charge is 0.379 e. The van der Waals surface area contributed by atoms with E-state index in [2.05, 4.69) is 21.2 Å². The van der Waals surface area contributed by atoms with Crippen LogP contribution in [0.4, 0.5) is 4.39 Å². The molecule has 0 aromatic heterocycles. The first kappa shape index (κ1) is 12.8. The highest BCUT2D eigenvalue weighted by Gasteiger charge is 2.21. The number of nitrogens with one attached hydrogen (secondary N) is 1. The van der Waals surface area contributed by atoms with Gasteiger partial charge in [-0.25, -0.2) is 4.39 Å². The number of benzene rings is 1. The number of hydrogen-bond acceptors (Lipinski definition) is 2. The van der Waals surface area contributed by atoms with Gasteiger partial charge in [0.25, 0.3) is 5.91 Å². The fraction of sp³-hybridized carbons (Fsp3) is 0.364. The van der Waals surface area contributed by atoms with Crippen LogP contribution in [0.2, 0.25) is 5.02 Å². The molecule has 0 radical (unpaired) electrons. The summed E-state index contributed by atoms with van der Waals surface area (Å²) in [5.74, 6) is -1.06. The number of hydrogen-bond donors (Lipinski definition) is 1. The summed E-state index contributed by atoms with van der Waals surface area (Å²) in [4.78, 5) is 11.8. The van der Waals surface area contributed by atoms with Gasteiger partial charge in [0, 0.05) is 11.1 Å². The van der Waals surface area contributed by atoms with E-state index in [0.29, 0.717) is 22.7 Å². The first-order valence-electron chi connectivity index (χ1n) is 5.11. The summed E-state index contributed by atoms with van der Waals surface area (Å²) in [6, 6.07) is 2.44. The fourth-order valence-corrected chi connectivity index (χ4v) is 2.09. The average Bonchev–Trinajstić information content (AvgIpc) is 2.76. The van der Waals surface area contributed by atoms with Gasteiger partial charge in [-0.15, -0.1) is 0 Å². The lowest BCUT2D eigenvalue weighted by molar-refractivity contribution is 0.0926. The number of halogens is 3. The summed E-state index contributed by atoms with van der Waals surface area (Å²) in [6.45, 7) is 1.09. The zero-order valence-corrected chi connectivity index (χ0v) is 11.1. The molecule has 1 heterocycles. The standard InChI is InChI=1S/C11H10BrClFNO2/c12-8-4-10(14)7(3-9(8)13)11(16)15-6-1-2-17-5-6/h3-4,6H,1-2,5H2,(H,15,16). The van der Waals surface area contributed by atoms with Crippen molar-refractivity contribution in [3.63, 3.8) is 0 Å². The quantitative estimate of drug-likeness (QED) is 0.850. The monoisotopic (exact) mass is 321 g/mol. The van der Waals surface area contributed by atoms with E-state index in [0.717, 1.165) is 6.42 Å². The summed E-state index contributed by atoms with van der Waals surface area (Å²) < 4.78 is 19.1. The Morgan fingerprint density at radius 2 is 2.35 bits per heavy atom. The molecular formula is C11H10BrClFNO2. The predicted molar refractivity (Wildman–Crippen MR) is 65.8 cm³/mol. The maximum Gasteiger partial charge on any atom is 0.254 e. The van der Waals surface area contributed by atoms with Crippen LogP contribution in [-0.4, -0.2) is 25.2 Å². The summed E-state index contributed by atoms with van der Waals surface area (Å²) in [5, 5.41) is 3.01. The van der Waals surface area contributed by atoms with Crippen LogP contribution in [0, 0.1) is 5.82 Å². The van der Waals surface area contributed by atoms with Gasteiger partial charge in [0.2, 0.25) is 0 Å². The highest BCUT2D eigenvalue weighted by molar-refractivity contribution is 9.10. The Kier molecular flexibility index (Phi) is 4.01. The minimum atomic E-state index is -0.599. The molecule has 1 aliphatic heterocycles. The molecule has 1 atom stereocenters. The zero-order chi connectivity index (χ0) is 12.4. The second-order valence-electron chi connectivity index (χ2n) is 3.78. The van der Waals surface area contributed by atoms with Crippen LogP contribution in [0.3, 0.4) is 0 Å². The van der Waals surface area contributed by atoms with Crippen molar-refractivity contribution in [3.05, 3.63) is 33.0 Å². The van der Waals surface area contributed by atoms with Crippen LogP contribution in [0.15, 0.2) is 16.6 Å². The lowest BCUT2D eigenvalue weighted by Gasteiger charge is -2.11. The first-order chi connectivity index (χ1) is 8.08. The molecule has 1 N–H and O–H groups in total. The highest BCUT2D eigenvalue weighted by atomic mass is 79.9. The number of carbonyl (C=O) groups excluding carboxylic acids is 1. The third-order valence-electron chi connectivity index (χ3n) is 2.52. The fourth-order valence-electron chi connectivity index (χ4n) is 1.61. The molecule has 1 amide bonds.